The lowest BCUT2D eigenvalue weighted by Crippen LogP contribution is -1.98. The number of fused-ring (bicyclic) bond motifs is 1. The Morgan fingerprint density at radius 2 is 1.55 bits per heavy atom. The summed E-state index contributed by atoms with van der Waals surface area (Å²) >= 11 is 0. The van der Waals surface area contributed by atoms with Crippen molar-refractivity contribution >= 4 is 10.9 Å². The quantitative estimate of drug-likeness (QED) is 0.366. The Bertz CT molecular complexity index is 1430. The first-order valence-electron chi connectivity index (χ1n) is 10.7. The van der Waals surface area contributed by atoms with E-state index in [9.17, 15) is 5.11 Å². The molecule has 3 N–H and O–H groups in total. The van der Waals surface area contributed by atoms with Crippen LogP contribution < -0.4 is 10.5 Å². The fourth-order valence-electron chi connectivity index (χ4n) is 4.07. The fraction of sp³-hybridized carbons (Fsp3) is 0.0714. The van der Waals surface area contributed by atoms with Crippen molar-refractivity contribution in [2.45, 2.75) is 6.54 Å². The Balaban J connectivity index is 1.84. The van der Waals surface area contributed by atoms with Gasteiger partial charge in [0.1, 0.15) is 5.75 Å². The molecule has 0 radical (unpaired) electrons. The van der Waals surface area contributed by atoms with E-state index in [0.717, 1.165) is 39.1 Å². The van der Waals surface area contributed by atoms with E-state index in [-0.39, 0.29) is 5.88 Å². The topological polar surface area (TPSA) is 81.3 Å². The predicted octanol–water partition coefficient (Wildman–Crippen LogP) is 5.80. The molecule has 0 spiro atoms. The number of hydrogen-bond acceptors (Lipinski definition) is 5. The second-order valence-corrected chi connectivity index (χ2v) is 7.74. The largest absolute Gasteiger partial charge is 0.496 e. The van der Waals surface area contributed by atoms with Crippen LogP contribution in [0.3, 0.4) is 0 Å². The Morgan fingerprint density at radius 3 is 2.27 bits per heavy atom. The number of nitrogens with two attached hydrogens (primary N) is 1. The van der Waals surface area contributed by atoms with Gasteiger partial charge in [0.25, 0.3) is 0 Å². The first-order chi connectivity index (χ1) is 16.2. The maximum Gasteiger partial charge on any atom is 0.220 e. The van der Waals surface area contributed by atoms with Crippen LogP contribution in [0.25, 0.3) is 44.4 Å². The molecule has 0 saturated carbocycles. The minimum absolute atomic E-state index is 0.0571. The monoisotopic (exact) mass is 433 g/mol. The zero-order chi connectivity index (χ0) is 22.8. The van der Waals surface area contributed by atoms with Gasteiger partial charge >= 0.3 is 0 Å². The highest BCUT2D eigenvalue weighted by Crippen LogP contribution is 2.40. The van der Waals surface area contributed by atoms with E-state index in [0.29, 0.717) is 23.2 Å². The molecule has 5 heteroatoms. The lowest BCUT2D eigenvalue weighted by molar-refractivity contribution is 0.416. The molecular formula is C28H23N3O2. The van der Waals surface area contributed by atoms with Gasteiger partial charge in [-0.1, -0.05) is 72.8 Å². The van der Waals surface area contributed by atoms with Gasteiger partial charge in [0.15, 0.2) is 0 Å². The summed E-state index contributed by atoms with van der Waals surface area (Å²) in [6.07, 6.45) is 1.64. The normalized spacial score (nSPS) is 11.0. The summed E-state index contributed by atoms with van der Waals surface area (Å²) in [6.45, 7) is 0.481. The Hall–Kier alpha value is -4.22. The van der Waals surface area contributed by atoms with Crippen molar-refractivity contribution < 1.29 is 9.84 Å². The van der Waals surface area contributed by atoms with Crippen molar-refractivity contribution in [2.24, 2.45) is 5.73 Å². The van der Waals surface area contributed by atoms with Crippen LogP contribution >= 0.6 is 0 Å². The van der Waals surface area contributed by atoms with Crippen LogP contribution in [0.5, 0.6) is 11.6 Å². The van der Waals surface area contributed by atoms with Crippen molar-refractivity contribution in [2.75, 3.05) is 7.11 Å². The number of aromatic hydroxyl groups is 1. The average Bonchev–Trinajstić information content (AvgIpc) is 2.89. The number of pyridine rings is 2. The third kappa shape index (κ3) is 3.79. The van der Waals surface area contributed by atoms with E-state index in [1.165, 1.54) is 0 Å². The molecule has 162 valence electrons. The van der Waals surface area contributed by atoms with E-state index in [1.54, 1.807) is 13.3 Å². The number of methoxy groups -OCH3 is 1. The summed E-state index contributed by atoms with van der Waals surface area (Å²) in [5.74, 6) is 0.660. The number of para-hydroxylation sites is 1. The molecule has 5 nitrogen and oxygen atoms in total. The summed E-state index contributed by atoms with van der Waals surface area (Å²) in [5.41, 5.74) is 12.9. The summed E-state index contributed by atoms with van der Waals surface area (Å²) in [7, 11) is 1.64. The molecule has 0 aliphatic heterocycles. The molecule has 33 heavy (non-hydrogen) atoms. The summed E-state index contributed by atoms with van der Waals surface area (Å²) < 4.78 is 5.58. The zero-order valence-electron chi connectivity index (χ0n) is 18.2. The maximum absolute atomic E-state index is 10.7. The molecule has 0 amide bonds. The molecule has 3 aromatic carbocycles. The van der Waals surface area contributed by atoms with Gasteiger partial charge in [-0.25, -0.2) is 9.97 Å². The van der Waals surface area contributed by atoms with Crippen LogP contribution in [0.1, 0.15) is 5.56 Å². The van der Waals surface area contributed by atoms with Crippen molar-refractivity contribution in [3.05, 3.63) is 96.7 Å². The third-order valence-corrected chi connectivity index (χ3v) is 5.78. The van der Waals surface area contributed by atoms with Gasteiger partial charge in [-0.2, -0.15) is 0 Å². The van der Waals surface area contributed by atoms with Gasteiger partial charge in [0.2, 0.25) is 5.88 Å². The zero-order valence-corrected chi connectivity index (χ0v) is 18.2. The maximum atomic E-state index is 10.7. The van der Waals surface area contributed by atoms with Crippen molar-refractivity contribution in [1.82, 2.24) is 9.97 Å². The van der Waals surface area contributed by atoms with E-state index < -0.39 is 0 Å². The van der Waals surface area contributed by atoms with E-state index in [4.69, 9.17) is 15.5 Å². The molecule has 0 atom stereocenters. The molecule has 0 aliphatic carbocycles. The SMILES string of the molecule is COc1ccccc1-c1cnc(O)c2cc(-c3ccccc3)c(-c3ccc(CN)cc3)nc12. The molecule has 5 rings (SSSR count). The highest BCUT2D eigenvalue weighted by molar-refractivity contribution is 6.01. The molecule has 5 aromatic rings. The average molecular weight is 434 g/mol. The van der Waals surface area contributed by atoms with Crippen molar-refractivity contribution in [3.63, 3.8) is 0 Å². The standard InChI is InChI=1S/C28H23N3O2/c1-33-25-10-6-5-9-21(25)24-17-30-28(32)23-15-22(19-7-3-2-4-8-19)26(31-27(23)24)20-13-11-18(16-29)12-14-20/h2-15,17H,16,29H2,1H3,(H,30,32). The molecule has 0 aliphatic rings. The number of aromatic nitrogens is 2. The Kier molecular flexibility index (Phi) is 5.47. The molecule has 0 fully saturated rings. The molecule has 0 bridgehead atoms. The van der Waals surface area contributed by atoms with Crippen molar-refractivity contribution in [3.8, 4) is 45.1 Å². The second-order valence-electron chi connectivity index (χ2n) is 7.74. The minimum Gasteiger partial charge on any atom is -0.496 e. The highest BCUT2D eigenvalue weighted by atomic mass is 16.5. The first-order valence-corrected chi connectivity index (χ1v) is 10.7. The Morgan fingerprint density at radius 1 is 0.818 bits per heavy atom. The lowest BCUT2D eigenvalue weighted by Gasteiger charge is -2.15. The van der Waals surface area contributed by atoms with Gasteiger partial charge in [-0.05, 0) is 23.3 Å². The second kappa shape index (κ2) is 8.73. The number of nitrogens with zero attached hydrogens (tertiary/aromatic N) is 2. The van der Waals surface area contributed by atoms with E-state index in [2.05, 4.69) is 4.98 Å². The highest BCUT2D eigenvalue weighted by Gasteiger charge is 2.18. The van der Waals surface area contributed by atoms with Gasteiger partial charge in [-0.15, -0.1) is 0 Å². The van der Waals surface area contributed by atoms with Crippen LogP contribution in [0.15, 0.2) is 91.1 Å². The van der Waals surface area contributed by atoms with Gasteiger partial charge in [0.05, 0.1) is 23.7 Å². The molecule has 0 saturated heterocycles. The van der Waals surface area contributed by atoms with E-state index in [1.807, 2.05) is 84.9 Å². The Labute approximate surface area is 192 Å². The van der Waals surface area contributed by atoms with Gasteiger partial charge in [-0.3, -0.25) is 0 Å². The third-order valence-electron chi connectivity index (χ3n) is 5.78. The molecular weight excluding hydrogens is 410 g/mol. The number of rotatable bonds is 5. The first kappa shape index (κ1) is 20.7. The molecule has 2 aromatic heterocycles. The van der Waals surface area contributed by atoms with Crippen LogP contribution in [-0.2, 0) is 6.54 Å². The van der Waals surface area contributed by atoms with Crippen LogP contribution in [0.2, 0.25) is 0 Å². The summed E-state index contributed by atoms with van der Waals surface area (Å²) in [6, 6.07) is 27.8. The predicted molar refractivity (Wildman–Crippen MR) is 132 cm³/mol. The van der Waals surface area contributed by atoms with Crippen LogP contribution in [0.4, 0.5) is 0 Å². The number of hydrogen-bond donors (Lipinski definition) is 2. The van der Waals surface area contributed by atoms with Crippen LogP contribution in [-0.4, -0.2) is 22.2 Å². The van der Waals surface area contributed by atoms with Gasteiger partial charge in [0, 0.05) is 35.0 Å². The number of benzene rings is 3. The summed E-state index contributed by atoms with van der Waals surface area (Å²) in [4.78, 5) is 9.37. The minimum atomic E-state index is -0.0571. The smallest absolute Gasteiger partial charge is 0.220 e. The van der Waals surface area contributed by atoms with E-state index >= 15 is 0 Å². The molecule has 2 heterocycles. The van der Waals surface area contributed by atoms with Crippen LogP contribution in [0, 0.1) is 0 Å². The van der Waals surface area contributed by atoms with Crippen molar-refractivity contribution in [1.29, 1.82) is 0 Å². The molecule has 0 unspecified atom stereocenters. The van der Waals surface area contributed by atoms with Gasteiger partial charge < -0.3 is 15.6 Å². The fourth-order valence-corrected chi connectivity index (χ4v) is 4.07. The lowest BCUT2D eigenvalue weighted by atomic mass is 9.95. The number of ether oxygens (including phenoxy) is 1. The summed E-state index contributed by atoms with van der Waals surface area (Å²) in [5, 5.41) is 11.3.